The molecule has 1 aliphatic rings. The van der Waals surface area contributed by atoms with Crippen molar-refractivity contribution < 1.29 is 24.2 Å². The van der Waals surface area contributed by atoms with Gasteiger partial charge in [0.15, 0.2) is 0 Å². The molecule has 1 fully saturated rings. The van der Waals surface area contributed by atoms with E-state index >= 15 is 0 Å². The van der Waals surface area contributed by atoms with E-state index in [0.29, 0.717) is 19.6 Å². The monoisotopic (exact) mass is 336 g/mol. The zero-order chi connectivity index (χ0) is 17.9. The average Bonchev–Trinajstić information content (AvgIpc) is 2.52. The lowest BCUT2D eigenvalue weighted by Gasteiger charge is -2.35. The highest BCUT2D eigenvalue weighted by molar-refractivity contribution is 5.92. The Morgan fingerprint density at radius 2 is 2.04 bits per heavy atom. The fraction of sp³-hybridized carbons (Fsp3) is 0.529. The molecule has 0 bridgehead atoms. The summed E-state index contributed by atoms with van der Waals surface area (Å²) in [4.78, 5) is 25.4. The number of amides is 1. The maximum atomic E-state index is 12.2. The fourth-order valence-electron chi connectivity index (χ4n) is 2.51. The fourth-order valence-corrected chi connectivity index (χ4v) is 2.51. The Bertz CT molecular complexity index is 624. The van der Waals surface area contributed by atoms with E-state index in [9.17, 15) is 14.7 Å². The number of hydrogen-bond donors (Lipinski definition) is 2. The van der Waals surface area contributed by atoms with Gasteiger partial charge in [-0.15, -0.1) is 0 Å². The molecule has 7 heteroatoms. The predicted molar refractivity (Wildman–Crippen MR) is 88.0 cm³/mol. The van der Waals surface area contributed by atoms with Gasteiger partial charge >= 0.3 is 12.1 Å². The Balaban J connectivity index is 2.11. The normalized spacial score (nSPS) is 18.2. The number of carbonyl (C=O) groups is 2. The topological polar surface area (TPSA) is 88.1 Å². The van der Waals surface area contributed by atoms with Gasteiger partial charge in [0.25, 0.3) is 0 Å². The van der Waals surface area contributed by atoms with Crippen LogP contribution in [-0.2, 0) is 9.47 Å². The number of phenolic OH excluding ortho intramolecular Hbond substituents is 1. The van der Waals surface area contributed by atoms with Gasteiger partial charge in [-0.2, -0.15) is 0 Å². The Morgan fingerprint density at radius 1 is 1.33 bits per heavy atom. The zero-order valence-electron chi connectivity index (χ0n) is 14.5. The first-order chi connectivity index (χ1) is 11.2. The standard InChI is InChI=1S/C17H24N2O5/c1-17(2,3)24-16(22)19-8-7-18-13(10-19)11-5-6-12(14(20)9-11)15(21)23-4/h5-6,9,13,18,20H,7-8,10H2,1-4H3. The van der Waals surface area contributed by atoms with E-state index in [1.54, 1.807) is 11.0 Å². The van der Waals surface area contributed by atoms with Gasteiger partial charge in [-0.05, 0) is 38.5 Å². The summed E-state index contributed by atoms with van der Waals surface area (Å²) >= 11 is 0. The molecule has 0 aromatic heterocycles. The molecule has 1 saturated heterocycles. The molecule has 0 saturated carbocycles. The molecule has 7 nitrogen and oxygen atoms in total. The summed E-state index contributed by atoms with van der Waals surface area (Å²) in [6.45, 7) is 7.07. The van der Waals surface area contributed by atoms with Crippen LogP contribution in [0.1, 0.15) is 42.7 Å². The van der Waals surface area contributed by atoms with Gasteiger partial charge in [-0.1, -0.05) is 6.07 Å². The van der Waals surface area contributed by atoms with E-state index in [4.69, 9.17) is 4.74 Å². The van der Waals surface area contributed by atoms with Gasteiger partial charge in [0.2, 0.25) is 0 Å². The zero-order valence-corrected chi connectivity index (χ0v) is 14.5. The minimum absolute atomic E-state index is 0.112. The van der Waals surface area contributed by atoms with Crippen LogP contribution < -0.4 is 5.32 Å². The Kier molecular flexibility index (Phi) is 5.33. The van der Waals surface area contributed by atoms with Crippen LogP contribution in [0.4, 0.5) is 4.79 Å². The van der Waals surface area contributed by atoms with Gasteiger partial charge in [0, 0.05) is 19.6 Å². The molecule has 2 rings (SSSR count). The molecule has 1 atom stereocenters. The number of phenols is 1. The molecular weight excluding hydrogens is 312 g/mol. The first-order valence-electron chi connectivity index (χ1n) is 7.84. The molecule has 2 N–H and O–H groups in total. The van der Waals surface area contributed by atoms with Crippen molar-refractivity contribution in [3.05, 3.63) is 29.3 Å². The third-order valence-electron chi connectivity index (χ3n) is 3.66. The summed E-state index contributed by atoms with van der Waals surface area (Å²) in [6.07, 6.45) is -0.357. The van der Waals surface area contributed by atoms with Crippen molar-refractivity contribution in [3.8, 4) is 5.75 Å². The van der Waals surface area contributed by atoms with Gasteiger partial charge in [0.1, 0.15) is 16.9 Å². The second-order valence-corrected chi connectivity index (χ2v) is 6.70. The highest BCUT2D eigenvalue weighted by Gasteiger charge is 2.28. The van der Waals surface area contributed by atoms with Gasteiger partial charge in [-0.3, -0.25) is 0 Å². The molecule has 1 aliphatic heterocycles. The smallest absolute Gasteiger partial charge is 0.410 e. The molecule has 1 heterocycles. The first-order valence-corrected chi connectivity index (χ1v) is 7.84. The van der Waals surface area contributed by atoms with Crippen molar-refractivity contribution in [1.82, 2.24) is 10.2 Å². The van der Waals surface area contributed by atoms with Crippen LogP contribution in [0.5, 0.6) is 5.75 Å². The maximum absolute atomic E-state index is 12.2. The average molecular weight is 336 g/mol. The summed E-state index contributed by atoms with van der Waals surface area (Å²) in [7, 11) is 1.26. The largest absolute Gasteiger partial charge is 0.507 e. The number of aromatic hydroxyl groups is 1. The van der Waals surface area contributed by atoms with Crippen LogP contribution in [0.2, 0.25) is 0 Å². The quantitative estimate of drug-likeness (QED) is 0.804. The number of nitrogens with zero attached hydrogens (tertiary/aromatic N) is 1. The SMILES string of the molecule is COC(=O)c1ccc(C2CN(C(=O)OC(C)(C)C)CCN2)cc1O. The van der Waals surface area contributed by atoms with Crippen LogP contribution in [0, 0.1) is 0 Å². The number of ether oxygens (including phenoxy) is 2. The molecule has 1 amide bonds. The maximum Gasteiger partial charge on any atom is 0.410 e. The lowest BCUT2D eigenvalue weighted by Crippen LogP contribution is -2.49. The summed E-state index contributed by atoms with van der Waals surface area (Å²) in [6, 6.07) is 4.62. The number of rotatable bonds is 2. The number of nitrogens with one attached hydrogen (secondary N) is 1. The summed E-state index contributed by atoms with van der Waals surface area (Å²) in [5.74, 6) is -0.735. The Hall–Kier alpha value is -2.28. The molecular formula is C17H24N2O5. The molecule has 0 spiro atoms. The Labute approximate surface area is 141 Å². The lowest BCUT2D eigenvalue weighted by atomic mass is 10.0. The first kappa shape index (κ1) is 18.1. The van der Waals surface area contributed by atoms with Crippen molar-refractivity contribution in [2.75, 3.05) is 26.7 Å². The van der Waals surface area contributed by atoms with Crippen LogP contribution in [0.25, 0.3) is 0 Å². The van der Waals surface area contributed by atoms with Crippen molar-refractivity contribution >= 4 is 12.1 Å². The second kappa shape index (κ2) is 7.09. The van der Waals surface area contributed by atoms with Gasteiger partial charge in [0.05, 0.1) is 13.2 Å². The predicted octanol–water partition coefficient (Wildman–Crippen LogP) is 2.06. The van der Waals surface area contributed by atoms with Crippen LogP contribution in [-0.4, -0.2) is 54.4 Å². The molecule has 1 unspecified atom stereocenters. The number of esters is 1. The number of hydrogen-bond acceptors (Lipinski definition) is 6. The number of piperazine rings is 1. The Morgan fingerprint density at radius 3 is 2.62 bits per heavy atom. The number of carbonyl (C=O) groups excluding carboxylic acids is 2. The van der Waals surface area contributed by atoms with Gasteiger partial charge < -0.3 is 24.8 Å². The van der Waals surface area contributed by atoms with Crippen LogP contribution in [0.15, 0.2) is 18.2 Å². The lowest BCUT2D eigenvalue weighted by molar-refractivity contribution is 0.0195. The third kappa shape index (κ3) is 4.38. The van der Waals surface area contributed by atoms with E-state index in [1.165, 1.54) is 19.2 Å². The molecule has 132 valence electrons. The van der Waals surface area contributed by atoms with Crippen molar-refractivity contribution in [1.29, 1.82) is 0 Å². The minimum Gasteiger partial charge on any atom is -0.507 e. The summed E-state index contributed by atoms with van der Waals surface area (Å²) in [5, 5.41) is 13.3. The van der Waals surface area contributed by atoms with Crippen molar-refractivity contribution in [2.45, 2.75) is 32.4 Å². The van der Waals surface area contributed by atoms with E-state index in [1.807, 2.05) is 20.8 Å². The summed E-state index contributed by atoms with van der Waals surface area (Å²) in [5.41, 5.74) is 0.354. The minimum atomic E-state index is -0.592. The molecule has 24 heavy (non-hydrogen) atoms. The third-order valence-corrected chi connectivity index (χ3v) is 3.66. The van der Waals surface area contributed by atoms with E-state index in [2.05, 4.69) is 10.1 Å². The van der Waals surface area contributed by atoms with Crippen LogP contribution >= 0.6 is 0 Å². The van der Waals surface area contributed by atoms with E-state index in [0.717, 1.165) is 5.56 Å². The molecule has 0 radical (unpaired) electrons. The van der Waals surface area contributed by atoms with E-state index < -0.39 is 11.6 Å². The highest BCUT2D eigenvalue weighted by atomic mass is 16.6. The van der Waals surface area contributed by atoms with Crippen molar-refractivity contribution in [3.63, 3.8) is 0 Å². The second-order valence-electron chi connectivity index (χ2n) is 6.70. The van der Waals surface area contributed by atoms with Crippen molar-refractivity contribution in [2.24, 2.45) is 0 Å². The molecule has 0 aliphatic carbocycles. The summed E-state index contributed by atoms with van der Waals surface area (Å²) < 4.78 is 10.0. The molecule has 1 aromatic carbocycles. The van der Waals surface area contributed by atoms with Crippen LogP contribution in [0.3, 0.4) is 0 Å². The highest BCUT2D eigenvalue weighted by Crippen LogP contribution is 2.25. The van der Waals surface area contributed by atoms with E-state index in [-0.39, 0.29) is 23.4 Å². The van der Waals surface area contributed by atoms with Gasteiger partial charge in [-0.25, -0.2) is 9.59 Å². The number of benzene rings is 1. The number of methoxy groups -OCH3 is 1. The molecule has 1 aromatic rings.